The van der Waals surface area contributed by atoms with E-state index in [4.69, 9.17) is 22.4 Å². The average Bonchev–Trinajstić information content (AvgIpc) is 2.33. The van der Waals surface area contributed by atoms with Crippen LogP contribution in [0.1, 0.15) is 12.8 Å². The lowest BCUT2D eigenvalue weighted by molar-refractivity contribution is -0.467. The minimum atomic E-state index is -2.18. The first-order valence-corrected chi connectivity index (χ1v) is 23.9. The molecule has 1 saturated heterocycles. The van der Waals surface area contributed by atoms with Crippen LogP contribution in [0.4, 0.5) is 0 Å². The first-order chi connectivity index (χ1) is 12.2. The van der Waals surface area contributed by atoms with Crippen molar-refractivity contribution < 1.29 is 27.5 Å². The summed E-state index contributed by atoms with van der Waals surface area (Å²) < 4.78 is 31.6. The lowest BCUT2D eigenvalue weighted by Crippen LogP contribution is -2.71. The number of aliphatic hydroxyl groups is 1. The Morgan fingerprint density at radius 3 is 1.54 bits per heavy atom. The molecule has 2 atom stereocenters. The van der Waals surface area contributed by atoms with Crippen molar-refractivity contribution in [3.63, 3.8) is 0 Å². The smallest absolute Gasteiger partial charge is 0.327 e. The molecule has 1 rings (SSSR count). The van der Waals surface area contributed by atoms with Crippen molar-refractivity contribution in [3.8, 4) is 0 Å². The summed E-state index contributed by atoms with van der Waals surface area (Å²) in [6, 6.07) is 0. The molecule has 1 heterocycles. The maximum atomic E-state index is 11.8. The molecule has 1 N–H and O–H groups in total. The summed E-state index contributed by atoms with van der Waals surface area (Å²) in [4.78, 5) is 0. The molecule has 1 fully saturated rings. The minimum absolute atomic E-state index is 0.253. The Morgan fingerprint density at radius 1 is 0.750 bits per heavy atom. The molecule has 0 bridgehead atoms. The molecule has 168 valence electrons. The maximum absolute atomic E-state index is 11.8. The van der Waals surface area contributed by atoms with Crippen LogP contribution in [0.25, 0.3) is 0 Å². The molecule has 0 amide bonds. The predicted octanol–water partition coefficient (Wildman–Crippen LogP) is 4.91. The third-order valence-electron chi connectivity index (χ3n) is 3.69. The fourth-order valence-corrected chi connectivity index (χ4v) is 7.43. The largest absolute Gasteiger partial charge is 0.415 e. The molecular weight excluding hydrogens is 425 g/mol. The van der Waals surface area contributed by atoms with Gasteiger partial charge in [0.2, 0.25) is 5.79 Å². The SMILES string of the molecule is C[Si](C)(C)OCC1CCC(O[Si](C)(C)C)(O[Si](C)(C)C)C(O)(O[Si](C)(C)C)O1. The van der Waals surface area contributed by atoms with Crippen LogP contribution in [0.15, 0.2) is 0 Å². The first-order valence-electron chi connectivity index (χ1n) is 10.3. The van der Waals surface area contributed by atoms with E-state index in [-0.39, 0.29) is 6.10 Å². The van der Waals surface area contributed by atoms with Crippen molar-refractivity contribution in [2.45, 2.75) is 109 Å². The van der Waals surface area contributed by atoms with Gasteiger partial charge < -0.3 is 27.5 Å². The highest BCUT2D eigenvalue weighted by Crippen LogP contribution is 2.45. The lowest BCUT2D eigenvalue weighted by atomic mass is 10.0. The molecule has 0 aromatic carbocycles. The van der Waals surface area contributed by atoms with Crippen molar-refractivity contribution in [2.24, 2.45) is 0 Å². The van der Waals surface area contributed by atoms with E-state index in [1.54, 1.807) is 0 Å². The van der Waals surface area contributed by atoms with E-state index in [1.807, 2.05) is 19.6 Å². The molecule has 1 aliphatic rings. The Hall–Kier alpha value is 0.628. The molecule has 0 radical (unpaired) electrons. The minimum Gasteiger partial charge on any atom is -0.415 e. The zero-order valence-corrected chi connectivity index (χ0v) is 24.2. The Kier molecular flexibility index (Phi) is 8.22. The first kappa shape index (κ1) is 26.7. The molecule has 28 heavy (non-hydrogen) atoms. The van der Waals surface area contributed by atoms with Crippen LogP contribution < -0.4 is 0 Å². The van der Waals surface area contributed by atoms with E-state index < -0.39 is 45.0 Å². The lowest BCUT2D eigenvalue weighted by Gasteiger charge is -2.55. The predicted molar refractivity (Wildman–Crippen MR) is 124 cm³/mol. The molecular formula is C18H44O6Si4. The molecule has 0 aromatic heterocycles. The van der Waals surface area contributed by atoms with Gasteiger partial charge in [0.05, 0.1) is 12.7 Å². The highest BCUT2D eigenvalue weighted by Gasteiger charge is 2.63. The number of hydrogen-bond donors (Lipinski definition) is 1. The Bertz CT molecular complexity index is 502. The highest BCUT2D eigenvalue weighted by molar-refractivity contribution is 6.71. The normalized spacial score (nSPS) is 27.1. The Labute approximate surface area is 176 Å². The molecule has 0 aliphatic carbocycles. The van der Waals surface area contributed by atoms with Gasteiger partial charge in [-0.25, -0.2) is 0 Å². The number of ether oxygens (including phenoxy) is 1. The average molecular weight is 469 g/mol. The van der Waals surface area contributed by atoms with Crippen LogP contribution in [0.2, 0.25) is 78.6 Å². The van der Waals surface area contributed by atoms with Gasteiger partial charge in [-0.2, -0.15) is 0 Å². The number of rotatable bonds is 9. The fourth-order valence-electron chi connectivity index (χ4n) is 3.10. The number of hydrogen-bond acceptors (Lipinski definition) is 6. The fraction of sp³-hybridized carbons (Fsp3) is 1.00. The van der Waals surface area contributed by atoms with Crippen LogP contribution in [0, 0.1) is 0 Å². The van der Waals surface area contributed by atoms with E-state index in [9.17, 15) is 5.11 Å². The monoisotopic (exact) mass is 468 g/mol. The van der Waals surface area contributed by atoms with Gasteiger partial charge in [0.1, 0.15) is 0 Å². The van der Waals surface area contributed by atoms with Crippen molar-refractivity contribution in [1.82, 2.24) is 0 Å². The molecule has 0 aromatic rings. The van der Waals surface area contributed by atoms with Gasteiger partial charge in [0, 0.05) is 6.42 Å². The van der Waals surface area contributed by atoms with Gasteiger partial charge in [-0.1, -0.05) is 0 Å². The Balaban J connectivity index is 3.30. The Morgan fingerprint density at radius 2 is 1.18 bits per heavy atom. The van der Waals surface area contributed by atoms with E-state index in [2.05, 4.69) is 58.9 Å². The van der Waals surface area contributed by atoms with Gasteiger partial charge in [-0.15, -0.1) is 0 Å². The van der Waals surface area contributed by atoms with Crippen molar-refractivity contribution in [1.29, 1.82) is 0 Å². The van der Waals surface area contributed by atoms with Gasteiger partial charge >= 0.3 is 5.97 Å². The molecule has 6 nitrogen and oxygen atoms in total. The summed E-state index contributed by atoms with van der Waals surface area (Å²) in [5.41, 5.74) is 0. The summed E-state index contributed by atoms with van der Waals surface area (Å²) in [5.74, 6) is -3.25. The van der Waals surface area contributed by atoms with Gasteiger partial charge in [-0.3, -0.25) is 0 Å². The second kappa shape index (κ2) is 8.64. The van der Waals surface area contributed by atoms with Gasteiger partial charge in [0.15, 0.2) is 33.3 Å². The highest BCUT2D eigenvalue weighted by atomic mass is 28.4. The summed E-state index contributed by atoms with van der Waals surface area (Å²) in [7, 11) is -8.04. The van der Waals surface area contributed by atoms with Crippen molar-refractivity contribution in [2.75, 3.05) is 6.61 Å². The maximum Gasteiger partial charge on any atom is 0.327 e. The van der Waals surface area contributed by atoms with Crippen LogP contribution in [-0.2, 0) is 22.4 Å². The summed E-state index contributed by atoms with van der Waals surface area (Å²) >= 11 is 0. The van der Waals surface area contributed by atoms with Crippen molar-refractivity contribution in [3.05, 3.63) is 0 Å². The molecule has 0 saturated carbocycles. The quantitative estimate of drug-likeness (QED) is 0.383. The summed E-state index contributed by atoms with van der Waals surface area (Å²) in [6.45, 7) is 25.6. The molecule has 0 spiro atoms. The topological polar surface area (TPSA) is 66.4 Å². The summed E-state index contributed by atoms with van der Waals surface area (Å²) in [5, 5.41) is 11.8. The van der Waals surface area contributed by atoms with Crippen LogP contribution in [-0.4, -0.2) is 62.8 Å². The third-order valence-corrected chi connectivity index (χ3v) is 7.50. The molecule has 10 heteroatoms. The van der Waals surface area contributed by atoms with E-state index in [1.165, 1.54) is 0 Å². The zero-order chi connectivity index (χ0) is 22.2. The van der Waals surface area contributed by atoms with Crippen LogP contribution in [0.3, 0.4) is 0 Å². The van der Waals surface area contributed by atoms with E-state index in [0.717, 1.165) is 0 Å². The molecule has 1 aliphatic heterocycles. The van der Waals surface area contributed by atoms with Crippen molar-refractivity contribution >= 4 is 33.3 Å². The third kappa shape index (κ3) is 8.78. The van der Waals surface area contributed by atoms with Gasteiger partial charge in [0.25, 0.3) is 0 Å². The summed E-state index contributed by atoms with van der Waals surface area (Å²) in [6.07, 6.45) is 0.954. The van der Waals surface area contributed by atoms with E-state index in [0.29, 0.717) is 19.4 Å². The standard InChI is InChI=1S/C18H44O6Si4/c1-25(2,3)20-15-16-13-14-17(22-26(4,5)6,23-27(7,8)9)18(19,21-16)24-28(10,11)12/h16,19H,13-15H2,1-12H3. The second-order valence-corrected chi connectivity index (χ2v) is 29.5. The van der Waals surface area contributed by atoms with Crippen LogP contribution >= 0.6 is 0 Å². The second-order valence-electron chi connectivity index (χ2n) is 11.7. The molecule has 2 unspecified atom stereocenters. The zero-order valence-electron chi connectivity index (χ0n) is 20.2. The van der Waals surface area contributed by atoms with Gasteiger partial charge in [-0.05, 0) is 85.0 Å². The van der Waals surface area contributed by atoms with E-state index >= 15 is 0 Å². The van der Waals surface area contributed by atoms with Crippen LogP contribution in [0.5, 0.6) is 0 Å².